The average molecular weight is 432 g/mol. The van der Waals surface area contributed by atoms with Gasteiger partial charge in [0.1, 0.15) is 18.4 Å². The molecule has 2 aliphatic rings. The Morgan fingerprint density at radius 2 is 1.84 bits per heavy atom. The highest BCUT2D eigenvalue weighted by Crippen LogP contribution is 2.34. The van der Waals surface area contributed by atoms with E-state index in [1.807, 2.05) is 4.90 Å². The van der Waals surface area contributed by atoms with E-state index in [0.717, 1.165) is 12.8 Å². The number of nitrogens with zero attached hydrogens (tertiary/aromatic N) is 4. The van der Waals surface area contributed by atoms with Crippen LogP contribution >= 0.6 is 0 Å². The first-order chi connectivity index (χ1) is 14.9. The van der Waals surface area contributed by atoms with Gasteiger partial charge in [-0.3, -0.25) is 4.79 Å². The van der Waals surface area contributed by atoms with Gasteiger partial charge in [-0.1, -0.05) is 6.07 Å². The molecule has 0 spiro atoms. The first-order valence-corrected chi connectivity index (χ1v) is 10.5. The molecule has 5 rings (SSSR count). The molecule has 0 unspecified atom stereocenters. The lowest BCUT2D eigenvalue weighted by Crippen LogP contribution is -2.42. The maximum atomic E-state index is 12.8. The third-order valence-corrected chi connectivity index (χ3v) is 5.95. The number of aromatic nitrogens is 3. The van der Waals surface area contributed by atoms with Crippen molar-refractivity contribution >= 4 is 16.7 Å². The molecule has 164 valence electrons. The fourth-order valence-corrected chi connectivity index (χ4v) is 4.27. The number of hydrogen-bond acceptors (Lipinski definition) is 4. The predicted octanol–water partition coefficient (Wildman–Crippen LogP) is 4.14. The molecule has 1 saturated heterocycles. The van der Waals surface area contributed by atoms with Crippen LogP contribution in [0.25, 0.3) is 10.9 Å². The summed E-state index contributed by atoms with van der Waals surface area (Å²) in [5, 5.41) is 0.672. The number of hydrogen-bond donors (Lipinski definition) is 0. The fraction of sp³-hybridized carbons (Fsp3) is 0.455. The number of anilines is 1. The van der Waals surface area contributed by atoms with Crippen molar-refractivity contribution in [1.82, 2.24) is 14.1 Å². The smallest absolute Gasteiger partial charge is 0.406 e. The van der Waals surface area contributed by atoms with Gasteiger partial charge in [0.2, 0.25) is 0 Å². The molecule has 0 N–H and O–H groups in total. The Morgan fingerprint density at radius 3 is 2.55 bits per heavy atom. The van der Waals surface area contributed by atoms with Crippen LogP contribution in [0.5, 0.6) is 5.75 Å². The second-order valence-electron chi connectivity index (χ2n) is 8.25. The number of piperidine rings is 1. The second kappa shape index (κ2) is 7.62. The highest BCUT2D eigenvalue weighted by molar-refractivity contribution is 5.86. The molecule has 3 aromatic rings. The minimum Gasteiger partial charge on any atom is -0.490 e. The summed E-state index contributed by atoms with van der Waals surface area (Å²) in [6.45, 7) is 0.264. The van der Waals surface area contributed by atoms with Crippen LogP contribution in [0.2, 0.25) is 0 Å². The molecule has 1 aliphatic carbocycles. The van der Waals surface area contributed by atoms with Gasteiger partial charge in [-0.25, -0.2) is 4.98 Å². The fourth-order valence-electron chi connectivity index (χ4n) is 4.27. The van der Waals surface area contributed by atoms with Gasteiger partial charge in [0.25, 0.3) is 5.56 Å². The number of halogens is 3. The van der Waals surface area contributed by atoms with Gasteiger partial charge >= 0.3 is 6.18 Å². The van der Waals surface area contributed by atoms with Crippen molar-refractivity contribution in [2.75, 3.05) is 18.0 Å². The van der Waals surface area contributed by atoms with Crippen LogP contribution in [0, 0.1) is 0 Å². The Morgan fingerprint density at radius 1 is 1.06 bits per heavy atom. The maximum absolute atomic E-state index is 12.8. The Hall–Kier alpha value is -2.97. The van der Waals surface area contributed by atoms with E-state index in [1.54, 1.807) is 41.2 Å². The molecule has 1 aromatic carbocycles. The van der Waals surface area contributed by atoms with Crippen LogP contribution in [0.1, 0.15) is 31.7 Å². The number of rotatable bonds is 5. The zero-order valence-corrected chi connectivity index (χ0v) is 16.9. The molecule has 2 fully saturated rings. The van der Waals surface area contributed by atoms with Crippen molar-refractivity contribution in [3.8, 4) is 5.75 Å². The van der Waals surface area contributed by atoms with Crippen molar-refractivity contribution in [3.05, 3.63) is 53.2 Å². The summed E-state index contributed by atoms with van der Waals surface area (Å²) >= 11 is 0. The average Bonchev–Trinajstić information content (AvgIpc) is 3.50. The lowest BCUT2D eigenvalue weighted by molar-refractivity contribution is -0.139. The van der Waals surface area contributed by atoms with Crippen molar-refractivity contribution in [2.45, 2.75) is 50.6 Å². The second-order valence-corrected chi connectivity index (χ2v) is 8.25. The van der Waals surface area contributed by atoms with E-state index in [2.05, 4.69) is 4.98 Å². The lowest BCUT2D eigenvalue weighted by atomic mass is 10.1. The number of fused-ring (bicyclic) bond motifs is 1. The molecule has 0 amide bonds. The van der Waals surface area contributed by atoms with Gasteiger partial charge in [-0.05, 0) is 31.0 Å². The summed E-state index contributed by atoms with van der Waals surface area (Å²) in [4.78, 5) is 19.0. The maximum Gasteiger partial charge on any atom is 0.406 e. The monoisotopic (exact) mass is 432 g/mol. The molecular formula is C22H23F3N4O2. The number of benzene rings is 1. The summed E-state index contributed by atoms with van der Waals surface area (Å²) in [6, 6.07) is 7.15. The van der Waals surface area contributed by atoms with E-state index < -0.39 is 12.7 Å². The molecule has 3 heterocycles. The van der Waals surface area contributed by atoms with Crippen LogP contribution in [0.15, 0.2) is 47.7 Å². The van der Waals surface area contributed by atoms with Crippen molar-refractivity contribution in [1.29, 1.82) is 0 Å². The molecule has 0 bridgehead atoms. The topological polar surface area (TPSA) is 52.3 Å². The normalized spacial score (nSPS) is 18.0. The van der Waals surface area contributed by atoms with Crippen LogP contribution < -0.4 is 15.2 Å². The van der Waals surface area contributed by atoms with Gasteiger partial charge in [0.05, 0.1) is 5.52 Å². The molecule has 6 nitrogen and oxygen atoms in total. The molecule has 1 saturated carbocycles. The zero-order chi connectivity index (χ0) is 21.6. The van der Waals surface area contributed by atoms with Gasteiger partial charge in [-0.2, -0.15) is 13.2 Å². The summed E-state index contributed by atoms with van der Waals surface area (Å²) in [5.41, 5.74) is 0.460. The SMILES string of the molecule is O=c1c(N2CCC(Oc3cccc4c3ccn4CC(F)(F)F)CC2)nccn1C1CC1. The largest absolute Gasteiger partial charge is 0.490 e. The van der Waals surface area contributed by atoms with E-state index in [0.29, 0.717) is 54.4 Å². The van der Waals surface area contributed by atoms with E-state index in [1.165, 1.54) is 10.8 Å². The molecule has 1 aliphatic heterocycles. The Bertz CT molecular complexity index is 1140. The molecule has 2 aromatic heterocycles. The van der Waals surface area contributed by atoms with Gasteiger partial charge in [0, 0.05) is 55.9 Å². The van der Waals surface area contributed by atoms with E-state index >= 15 is 0 Å². The summed E-state index contributed by atoms with van der Waals surface area (Å²) in [6.07, 6.45) is 4.03. The molecule has 31 heavy (non-hydrogen) atoms. The highest BCUT2D eigenvalue weighted by Gasteiger charge is 2.30. The molecule has 0 radical (unpaired) electrons. The standard InChI is InChI=1S/C22H23F3N4O2/c23-22(24,25)14-28-12-8-17-18(28)2-1-3-19(17)31-16-6-10-27(11-7-16)20-21(30)29(13-9-26-20)15-4-5-15/h1-3,8-9,12-13,15-16H,4-7,10-11,14H2. The first kappa shape index (κ1) is 20.0. The number of alkyl halides is 3. The predicted molar refractivity (Wildman–Crippen MR) is 111 cm³/mol. The number of ether oxygens (including phenoxy) is 1. The van der Waals surface area contributed by atoms with Crippen molar-refractivity contribution in [2.24, 2.45) is 0 Å². The van der Waals surface area contributed by atoms with Crippen molar-refractivity contribution < 1.29 is 17.9 Å². The lowest BCUT2D eigenvalue weighted by Gasteiger charge is -2.32. The quantitative estimate of drug-likeness (QED) is 0.608. The van der Waals surface area contributed by atoms with Crippen LogP contribution in [0.4, 0.5) is 19.0 Å². The Kier molecular flexibility index (Phi) is 4.91. The van der Waals surface area contributed by atoms with Gasteiger partial charge < -0.3 is 18.8 Å². The summed E-state index contributed by atoms with van der Waals surface area (Å²) < 4.78 is 47.6. The van der Waals surface area contributed by atoms with E-state index in [-0.39, 0.29) is 11.7 Å². The molecule has 0 atom stereocenters. The minimum absolute atomic E-state index is 0.0415. The Balaban J connectivity index is 1.28. The van der Waals surface area contributed by atoms with Crippen molar-refractivity contribution in [3.63, 3.8) is 0 Å². The first-order valence-electron chi connectivity index (χ1n) is 10.5. The summed E-state index contributed by atoms with van der Waals surface area (Å²) in [5.74, 6) is 1.07. The Labute approximate surface area is 176 Å². The van der Waals surface area contributed by atoms with E-state index in [9.17, 15) is 18.0 Å². The third kappa shape index (κ3) is 4.13. The highest BCUT2D eigenvalue weighted by atomic mass is 19.4. The molecular weight excluding hydrogens is 409 g/mol. The van der Waals surface area contributed by atoms with Gasteiger partial charge in [0.15, 0.2) is 5.82 Å². The summed E-state index contributed by atoms with van der Waals surface area (Å²) in [7, 11) is 0. The molecule has 9 heteroatoms. The van der Waals surface area contributed by atoms with Gasteiger partial charge in [-0.15, -0.1) is 0 Å². The van der Waals surface area contributed by atoms with Crippen LogP contribution in [-0.2, 0) is 6.54 Å². The zero-order valence-electron chi connectivity index (χ0n) is 16.9. The minimum atomic E-state index is -4.28. The van der Waals surface area contributed by atoms with Crippen LogP contribution in [0.3, 0.4) is 0 Å². The van der Waals surface area contributed by atoms with Crippen LogP contribution in [-0.4, -0.2) is 39.5 Å². The van der Waals surface area contributed by atoms with E-state index in [4.69, 9.17) is 4.74 Å². The third-order valence-electron chi connectivity index (χ3n) is 5.95.